The Labute approximate surface area is 159 Å². The average Bonchev–Trinajstić information content (AvgIpc) is 2.57. The molecule has 1 unspecified atom stereocenters. The number of hydrogen-bond acceptors (Lipinski definition) is 4. The maximum Gasteiger partial charge on any atom is 0.338 e. The highest BCUT2D eigenvalue weighted by Crippen LogP contribution is 2.31. The van der Waals surface area contributed by atoms with Crippen LogP contribution in [0.3, 0.4) is 0 Å². The molecule has 0 radical (unpaired) electrons. The summed E-state index contributed by atoms with van der Waals surface area (Å²) in [5.74, 6) is -0.767. The van der Waals surface area contributed by atoms with Crippen LogP contribution in [0.15, 0.2) is 35.5 Å². The lowest BCUT2D eigenvalue weighted by atomic mass is 9.95. The molecule has 26 heavy (non-hydrogen) atoms. The zero-order valence-corrected chi connectivity index (χ0v) is 16.5. The van der Waals surface area contributed by atoms with Gasteiger partial charge in [-0.15, -0.1) is 0 Å². The zero-order chi connectivity index (χ0) is 19.3. The van der Waals surface area contributed by atoms with Gasteiger partial charge in [-0.1, -0.05) is 12.1 Å². The van der Waals surface area contributed by atoms with Crippen molar-refractivity contribution in [1.82, 2.24) is 15.1 Å². The molecule has 2 rings (SSSR count). The van der Waals surface area contributed by atoms with E-state index in [1.165, 1.54) is 12.1 Å². The van der Waals surface area contributed by atoms with Gasteiger partial charge in [-0.25, -0.2) is 9.18 Å². The SMILES string of the molecule is CCOC(=O)C1=C(C)N(CCCN(C)C)C(=S)NC1c1cccc(F)c1. The van der Waals surface area contributed by atoms with Crippen molar-refractivity contribution >= 4 is 23.3 Å². The average molecular weight is 380 g/mol. The summed E-state index contributed by atoms with van der Waals surface area (Å²) in [6.45, 7) is 5.50. The van der Waals surface area contributed by atoms with Crippen LogP contribution in [-0.4, -0.2) is 54.7 Å². The van der Waals surface area contributed by atoms with E-state index in [-0.39, 0.29) is 12.4 Å². The maximum absolute atomic E-state index is 13.7. The molecule has 1 atom stereocenters. The summed E-state index contributed by atoms with van der Waals surface area (Å²) in [4.78, 5) is 16.6. The predicted octanol–water partition coefficient (Wildman–Crippen LogP) is 2.85. The second kappa shape index (κ2) is 9.09. The molecule has 0 saturated heterocycles. The molecule has 0 bridgehead atoms. The monoisotopic (exact) mass is 379 g/mol. The Balaban J connectivity index is 2.38. The first-order chi connectivity index (χ1) is 12.3. The van der Waals surface area contributed by atoms with Crippen LogP contribution in [-0.2, 0) is 9.53 Å². The molecule has 1 aromatic carbocycles. The molecule has 0 spiro atoms. The summed E-state index contributed by atoms with van der Waals surface area (Å²) in [6.07, 6.45) is 0.896. The van der Waals surface area contributed by atoms with Crippen LogP contribution in [0.25, 0.3) is 0 Å². The Morgan fingerprint density at radius 3 is 2.77 bits per heavy atom. The second-order valence-corrected chi connectivity index (χ2v) is 6.85. The van der Waals surface area contributed by atoms with Gasteiger partial charge in [0, 0.05) is 12.2 Å². The van der Waals surface area contributed by atoms with Crippen molar-refractivity contribution in [2.45, 2.75) is 26.3 Å². The van der Waals surface area contributed by atoms with E-state index in [2.05, 4.69) is 10.2 Å². The number of hydrogen-bond donors (Lipinski definition) is 1. The minimum absolute atomic E-state index is 0.274. The van der Waals surface area contributed by atoms with Crippen LogP contribution in [0, 0.1) is 5.82 Å². The van der Waals surface area contributed by atoms with Gasteiger partial charge in [-0.3, -0.25) is 0 Å². The fraction of sp³-hybridized carbons (Fsp3) is 0.474. The van der Waals surface area contributed by atoms with Crippen molar-refractivity contribution in [3.63, 3.8) is 0 Å². The number of carbonyl (C=O) groups excluding carboxylic acids is 1. The van der Waals surface area contributed by atoms with Gasteiger partial charge in [0.25, 0.3) is 0 Å². The number of esters is 1. The predicted molar refractivity (Wildman–Crippen MR) is 104 cm³/mol. The topological polar surface area (TPSA) is 44.8 Å². The Hall–Kier alpha value is -1.99. The highest BCUT2D eigenvalue weighted by molar-refractivity contribution is 7.80. The molecule has 1 aromatic rings. The normalized spacial score (nSPS) is 17.5. The molecule has 1 aliphatic rings. The molecular formula is C19H26FN3O2S. The first-order valence-corrected chi connectivity index (χ1v) is 9.12. The van der Waals surface area contributed by atoms with Gasteiger partial charge in [0.15, 0.2) is 5.11 Å². The van der Waals surface area contributed by atoms with Gasteiger partial charge in [0.1, 0.15) is 5.82 Å². The fourth-order valence-electron chi connectivity index (χ4n) is 3.01. The molecular weight excluding hydrogens is 353 g/mol. The van der Waals surface area contributed by atoms with E-state index in [1.54, 1.807) is 19.1 Å². The Kier molecular flexibility index (Phi) is 7.11. The Morgan fingerprint density at radius 1 is 1.42 bits per heavy atom. The molecule has 0 aromatic heterocycles. The van der Waals surface area contributed by atoms with Crippen molar-refractivity contribution in [2.75, 3.05) is 33.8 Å². The van der Waals surface area contributed by atoms with Crippen molar-refractivity contribution in [1.29, 1.82) is 0 Å². The number of rotatable bonds is 7. The van der Waals surface area contributed by atoms with Crippen LogP contribution in [0.2, 0.25) is 0 Å². The van der Waals surface area contributed by atoms with E-state index in [0.717, 1.165) is 18.7 Å². The first-order valence-electron chi connectivity index (χ1n) is 8.71. The zero-order valence-electron chi connectivity index (χ0n) is 15.7. The van der Waals surface area contributed by atoms with Crippen molar-refractivity contribution in [3.8, 4) is 0 Å². The quantitative estimate of drug-likeness (QED) is 0.581. The van der Waals surface area contributed by atoms with Crippen LogP contribution in [0.5, 0.6) is 0 Å². The summed E-state index contributed by atoms with van der Waals surface area (Å²) < 4.78 is 19.0. The molecule has 0 amide bonds. The summed E-state index contributed by atoms with van der Waals surface area (Å²) in [6, 6.07) is 5.66. The number of benzene rings is 1. The lowest BCUT2D eigenvalue weighted by Crippen LogP contribution is -2.48. The number of ether oxygens (including phenoxy) is 1. The summed E-state index contributed by atoms with van der Waals surface area (Å²) in [7, 11) is 4.03. The smallest absolute Gasteiger partial charge is 0.338 e. The molecule has 1 heterocycles. The largest absolute Gasteiger partial charge is 0.463 e. The van der Waals surface area contributed by atoms with Gasteiger partial charge >= 0.3 is 5.97 Å². The third-order valence-electron chi connectivity index (χ3n) is 4.26. The van der Waals surface area contributed by atoms with Gasteiger partial charge in [-0.2, -0.15) is 0 Å². The summed E-state index contributed by atoms with van der Waals surface area (Å²) in [5.41, 5.74) is 1.86. The summed E-state index contributed by atoms with van der Waals surface area (Å²) >= 11 is 5.52. The lowest BCUT2D eigenvalue weighted by molar-refractivity contribution is -0.139. The second-order valence-electron chi connectivity index (χ2n) is 6.47. The standard InChI is InChI=1S/C19H26FN3O2S/c1-5-25-18(24)16-13(2)23(11-7-10-22(3)4)19(26)21-17(16)14-8-6-9-15(20)12-14/h6,8-9,12,17H,5,7,10-11H2,1-4H3,(H,21,26). The van der Waals surface area contributed by atoms with E-state index in [9.17, 15) is 9.18 Å². The molecule has 1 aliphatic heterocycles. The molecule has 0 saturated carbocycles. The number of halogens is 1. The molecule has 7 heteroatoms. The third-order valence-corrected chi connectivity index (χ3v) is 4.60. The van der Waals surface area contributed by atoms with E-state index in [1.807, 2.05) is 25.9 Å². The first kappa shape index (κ1) is 20.3. The fourth-order valence-corrected chi connectivity index (χ4v) is 3.35. The highest BCUT2D eigenvalue weighted by atomic mass is 32.1. The van der Waals surface area contributed by atoms with Crippen molar-refractivity contribution in [2.24, 2.45) is 0 Å². The van der Waals surface area contributed by atoms with Crippen LogP contribution in [0.1, 0.15) is 31.9 Å². The van der Waals surface area contributed by atoms with E-state index in [0.29, 0.717) is 22.8 Å². The molecule has 142 valence electrons. The number of nitrogens with one attached hydrogen (secondary N) is 1. The van der Waals surface area contributed by atoms with Crippen molar-refractivity contribution in [3.05, 3.63) is 46.9 Å². The van der Waals surface area contributed by atoms with Crippen LogP contribution in [0.4, 0.5) is 4.39 Å². The number of carbonyl (C=O) groups is 1. The molecule has 0 aliphatic carbocycles. The third kappa shape index (κ3) is 4.80. The minimum atomic E-state index is -0.526. The van der Waals surface area contributed by atoms with Gasteiger partial charge in [0.05, 0.1) is 18.2 Å². The van der Waals surface area contributed by atoms with Gasteiger partial charge < -0.3 is 19.9 Å². The van der Waals surface area contributed by atoms with E-state index < -0.39 is 12.0 Å². The van der Waals surface area contributed by atoms with E-state index in [4.69, 9.17) is 17.0 Å². The summed E-state index contributed by atoms with van der Waals surface area (Å²) in [5, 5.41) is 3.72. The number of nitrogens with zero attached hydrogens (tertiary/aromatic N) is 2. The molecule has 1 N–H and O–H groups in total. The number of thiocarbonyl (C=S) groups is 1. The van der Waals surface area contributed by atoms with Gasteiger partial charge in [0.2, 0.25) is 0 Å². The minimum Gasteiger partial charge on any atom is -0.463 e. The highest BCUT2D eigenvalue weighted by Gasteiger charge is 2.34. The molecule has 0 fully saturated rings. The van der Waals surface area contributed by atoms with Crippen LogP contribution < -0.4 is 5.32 Å². The molecule has 5 nitrogen and oxygen atoms in total. The maximum atomic E-state index is 13.7. The van der Waals surface area contributed by atoms with Crippen molar-refractivity contribution < 1.29 is 13.9 Å². The van der Waals surface area contributed by atoms with Gasteiger partial charge in [-0.05, 0) is 70.8 Å². The number of allylic oxidation sites excluding steroid dienone is 1. The Bertz CT molecular complexity index is 706. The Morgan fingerprint density at radius 2 is 2.15 bits per heavy atom. The van der Waals surface area contributed by atoms with E-state index >= 15 is 0 Å². The van der Waals surface area contributed by atoms with Crippen LogP contribution >= 0.6 is 12.2 Å². The lowest BCUT2D eigenvalue weighted by Gasteiger charge is -2.37.